The zero-order valence-corrected chi connectivity index (χ0v) is 20.0. The highest BCUT2D eigenvalue weighted by molar-refractivity contribution is 5.60. The molecular weight excluding hydrogens is 416 g/mol. The van der Waals surface area contributed by atoms with Crippen LogP contribution in [0.2, 0.25) is 0 Å². The molecule has 1 fully saturated rings. The molecule has 33 heavy (non-hydrogen) atoms. The van der Waals surface area contributed by atoms with Gasteiger partial charge in [0.1, 0.15) is 5.82 Å². The van der Waals surface area contributed by atoms with Crippen molar-refractivity contribution in [3.05, 3.63) is 35.3 Å². The van der Waals surface area contributed by atoms with Crippen LogP contribution in [0, 0.1) is 6.92 Å². The van der Waals surface area contributed by atoms with Crippen molar-refractivity contribution in [1.82, 2.24) is 29.5 Å². The van der Waals surface area contributed by atoms with Crippen molar-refractivity contribution in [3.63, 3.8) is 0 Å². The molecule has 4 heterocycles. The number of aryl methyl sites for hydroxylation is 1. The number of nitrogen functional groups attached to an aromatic ring is 1. The molecule has 0 spiro atoms. The Hall–Kier alpha value is -2.94. The van der Waals surface area contributed by atoms with Gasteiger partial charge in [-0.05, 0) is 58.3 Å². The number of anilines is 2. The van der Waals surface area contributed by atoms with E-state index in [2.05, 4.69) is 52.0 Å². The van der Waals surface area contributed by atoms with Crippen molar-refractivity contribution in [2.75, 3.05) is 37.8 Å². The van der Waals surface area contributed by atoms with Crippen LogP contribution in [0.25, 0.3) is 5.65 Å². The van der Waals surface area contributed by atoms with Crippen LogP contribution >= 0.6 is 0 Å². The third-order valence-corrected chi connectivity index (χ3v) is 6.22. The molecule has 0 unspecified atom stereocenters. The molecule has 0 radical (unpaired) electrons. The smallest absolute Gasteiger partial charge is 0.336 e. The highest BCUT2D eigenvalue weighted by Crippen LogP contribution is 2.25. The van der Waals surface area contributed by atoms with E-state index >= 15 is 0 Å². The normalized spacial score (nSPS) is 17.7. The summed E-state index contributed by atoms with van der Waals surface area (Å²) in [5.41, 5.74) is 9.44. The van der Waals surface area contributed by atoms with Gasteiger partial charge in [-0.3, -0.25) is 0 Å². The predicted octanol–water partition coefficient (Wildman–Crippen LogP) is 3.10. The summed E-state index contributed by atoms with van der Waals surface area (Å²) in [5.74, 6) is 1.17. The van der Waals surface area contributed by atoms with Gasteiger partial charge in [0, 0.05) is 35.9 Å². The third kappa shape index (κ3) is 5.19. The quantitative estimate of drug-likeness (QED) is 0.553. The molecule has 0 bridgehead atoms. The van der Waals surface area contributed by atoms with E-state index in [0.29, 0.717) is 31.0 Å². The van der Waals surface area contributed by atoms with Gasteiger partial charge in [-0.2, -0.15) is 4.98 Å². The van der Waals surface area contributed by atoms with E-state index in [9.17, 15) is 0 Å². The average Bonchev–Trinajstić information content (AvgIpc) is 3.21. The lowest BCUT2D eigenvalue weighted by molar-refractivity contribution is 0.189. The second-order valence-corrected chi connectivity index (χ2v) is 9.00. The SMILES string of the molecule is [2H]C([2H])([2H])[C@H](CCC)Oc1nc(N)c2ncc(Cc3cnc(N4CCC(N(C)C)CC4)c(C)c3)n2n1. The van der Waals surface area contributed by atoms with E-state index in [1.807, 2.05) is 13.1 Å². The van der Waals surface area contributed by atoms with Gasteiger partial charge in [-0.25, -0.2) is 14.5 Å². The molecule has 0 saturated carbocycles. The van der Waals surface area contributed by atoms with Gasteiger partial charge in [-0.15, -0.1) is 5.10 Å². The van der Waals surface area contributed by atoms with Crippen molar-refractivity contribution < 1.29 is 8.85 Å². The molecule has 1 saturated heterocycles. The Bertz CT molecular complexity index is 1190. The van der Waals surface area contributed by atoms with Gasteiger partial charge in [0.15, 0.2) is 11.5 Å². The van der Waals surface area contributed by atoms with Gasteiger partial charge in [0.25, 0.3) is 0 Å². The first-order chi connectivity index (χ1) is 17.1. The third-order valence-electron chi connectivity index (χ3n) is 6.22. The molecule has 1 aliphatic heterocycles. The van der Waals surface area contributed by atoms with Gasteiger partial charge < -0.3 is 20.3 Å². The minimum Gasteiger partial charge on any atom is -0.459 e. The molecule has 178 valence electrons. The van der Waals surface area contributed by atoms with E-state index in [4.69, 9.17) is 19.6 Å². The van der Waals surface area contributed by atoms with Gasteiger partial charge in [-0.1, -0.05) is 19.4 Å². The Morgan fingerprint density at radius 1 is 1.27 bits per heavy atom. The second kappa shape index (κ2) is 9.91. The summed E-state index contributed by atoms with van der Waals surface area (Å²) in [6.07, 6.45) is 6.40. The summed E-state index contributed by atoms with van der Waals surface area (Å²) in [4.78, 5) is 18.0. The maximum atomic E-state index is 7.75. The molecule has 0 aromatic carbocycles. The van der Waals surface area contributed by atoms with E-state index in [-0.39, 0.29) is 11.8 Å². The molecule has 0 amide bonds. The fourth-order valence-electron chi connectivity index (χ4n) is 4.40. The Balaban J connectivity index is 1.53. The molecule has 3 aromatic heterocycles. The maximum Gasteiger partial charge on any atom is 0.336 e. The van der Waals surface area contributed by atoms with E-state index < -0.39 is 13.0 Å². The summed E-state index contributed by atoms with van der Waals surface area (Å²) in [6, 6.07) is 2.70. The van der Waals surface area contributed by atoms with Gasteiger partial charge in [0.2, 0.25) is 0 Å². The van der Waals surface area contributed by atoms with Crippen molar-refractivity contribution in [2.24, 2.45) is 0 Å². The maximum absolute atomic E-state index is 7.75. The lowest BCUT2D eigenvalue weighted by Crippen LogP contribution is -2.42. The second-order valence-electron chi connectivity index (χ2n) is 9.00. The number of fused-ring (bicyclic) bond motifs is 1. The fraction of sp³-hybridized carbons (Fsp3) is 0.583. The molecule has 1 atom stereocenters. The zero-order chi connectivity index (χ0) is 26.0. The van der Waals surface area contributed by atoms with Crippen molar-refractivity contribution in [3.8, 4) is 6.01 Å². The Labute approximate surface area is 200 Å². The number of imidazole rings is 1. The molecule has 3 aromatic rings. The number of piperidine rings is 1. The molecule has 1 aliphatic rings. The van der Waals surface area contributed by atoms with E-state index in [1.165, 1.54) is 0 Å². The van der Waals surface area contributed by atoms with Crippen LogP contribution in [0.5, 0.6) is 6.01 Å². The number of nitrogens with zero attached hydrogens (tertiary/aromatic N) is 7. The number of nitrogens with two attached hydrogens (primary N) is 1. The molecule has 4 rings (SSSR count). The number of ether oxygens (including phenoxy) is 1. The van der Waals surface area contributed by atoms with Crippen LogP contribution in [0.1, 0.15) is 60.4 Å². The van der Waals surface area contributed by atoms with Crippen molar-refractivity contribution in [2.45, 2.75) is 64.9 Å². The van der Waals surface area contributed by atoms with Crippen LogP contribution in [-0.2, 0) is 6.42 Å². The fourth-order valence-corrected chi connectivity index (χ4v) is 4.40. The monoisotopic (exact) mass is 455 g/mol. The van der Waals surface area contributed by atoms with Crippen molar-refractivity contribution in [1.29, 1.82) is 0 Å². The lowest BCUT2D eigenvalue weighted by atomic mass is 10.0. The van der Waals surface area contributed by atoms with Crippen LogP contribution in [0.3, 0.4) is 0 Å². The van der Waals surface area contributed by atoms with Crippen molar-refractivity contribution >= 4 is 17.3 Å². The van der Waals surface area contributed by atoms with E-state index in [1.54, 1.807) is 10.7 Å². The van der Waals surface area contributed by atoms with Gasteiger partial charge in [0.05, 0.1) is 18.0 Å². The summed E-state index contributed by atoms with van der Waals surface area (Å²) >= 11 is 0. The minimum atomic E-state index is -2.28. The Kier molecular flexibility index (Phi) is 5.86. The molecule has 9 heteroatoms. The molecule has 9 nitrogen and oxygen atoms in total. The number of aromatic nitrogens is 5. The number of rotatable bonds is 8. The summed E-state index contributed by atoms with van der Waals surface area (Å²) in [6.45, 7) is 3.71. The summed E-state index contributed by atoms with van der Waals surface area (Å²) in [5, 5.41) is 4.42. The highest BCUT2D eigenvalue weighted by Gasteiger charge is 2.22. The Morgan fingerprint density at radius 3 is 2.73 bits per heavy atom. The summed E-state index contributed by atoms with van der Waals surface area (Å²) in [7, 11) is 4.28. The first-order valence-electron chi connectivity index (χ1n) is 13.1. The molecular formula is C24H36N8O. The van der Waals surface area contributed by atoms with Crippen LogP contribution < -0.4 is 15.4 Å². The lowest BCUT2D eigenvalue weighted by Gasteiger charge is -2.36. The predicted molar refractivity (Wildman–Crippen MR) is 131 cm³/mol. The topological polar surface area (TPSA) is 97.7 Å². The standard InChI is InChI=1S/C24H36N8O/c1-6-7-17(3)33-24-28-21(25)23-27-15-20(32(23)29-24)13-18-12-16(2)22(26-14-18)31-10-8-19(9-11-31)30(4)5/h12,14-15,17,19H,6-11,13H2,1-5H3,(H2,25,28,29)/t17-/m1/s1/i3D3. The van der Waals surface area contributed by atoms with Gasteiger partial charge >= 0.3 is 6.01 Å². The summed E-state index contributed by atoms with van der Waals surface area (Å²) < 4.78 is 30.5. The van der Waals surface area contributed by atoms with E-state index in [0.717, 1.165) is 48.6 Å². The number of hydrogen-bond donors (Lipinski definition) is 1. The number of hydrogen-bond acceptors (Lipinski definition) is 8. The van der Waals surface area contributed by atoms with Crippen LogP contribution in [-0.4, -0.2) is 68.8 Å². The first kappa shape index (κ1) is 19.5. The van der Waals surface area contributed by atoms with Crippen LogP contribution in [0.4, 0.5) is 11.6 Å². The molecule has 0 aliphatic carbocycles. The number of pyridine rings is 1. The molecule has 2 N–H and O–H groups in total. The highest BCUT2D eigenvalue weighted by atomic mass is 16.5. The largest absolute Gasteiger partial charge is 0.459 e. The average molecular weight is 456 g/mol. The minimum absolute atomic E-state index is 0.0698. The zero-order valence-electron chi connectivity index (χ0n) is 23.0. The van der Waals surface area contributed by atoms with Crippen LogP contribution in [0.15, 0.2) is 18.5 Å². The Morgan fingerprint density at radius 2 is 2.06 bits per heavy atom. The first-order valence-corrected chi connectivity index (χ1v) is 11.6.